The van der Waals surface area contributed by atoms with E-state index in [-0.39, 0.29) is 67.7 Å². The first-order chi connectivity index (χ1) is 23.0. The summed E-state index contributed by atoms with van der Waals surface area (Å²) in [6.07, 6.45) is 1.66. The second-order valence-corrected chi connectivity index (χ2v) is 13.5. The van der Waals surface area contributed by atoms with Gasteiger partial charge in [0.2, 0.25) is 25.0 Å². The largest absolute Gasteiger partial charge is 0.444 e. The molecular formula is C27H39N5O14S2. The van der Waals surface area contributed by atoms with Gasteiger partial charge in [-0.1, -0.05) is 0 Å². The Hall–Kier alpha value is -3.41. The first-order valence-electron chi connectivity index (χ1n) is 14.7. The quantitative estimate of drug-likeness (QED) is 0.0629. The number of nitrogens with zero attached hydrogens (tertiary/aromatic N) is 4. The molecule has 1 aliphatic rings. The lowest BCUT2D eigenvalue weighted by atomic mass is 10.3. The monoisotopic (exact) mass is 721 g/mol. The lowest BCUT2D eigenvalue weighted by Gasteiger charge is -2.27. The molecule has 3 rings (SSSR count). The molecule has 0 aliphatic carbocycles. The molecule has 48 heavy (non-hydrogen) atoms. The smallest absolute Gasteiger partial charge is 0.415 e. The van der Waals surface area contributed by atoms with Gasteiger partial charge >= 0.3 is 6.09 Å². The summed E-state index contributed by atoms with van der Waals surface area (Å²) in [5.41, 5.74) is 0.300. The van der Waals surface area contributed by atoms with E-state index in [1.165, 1.54) is 23.2 Å². The maximum Gasteiger partial charge on any atom is 0.415 e. The van der Waals surface area contributed by atoms with Crippen molar-refractivity contribution in [1.82, 2.24) is 14.7 Å². The Kier molecular flexibility index (Phi) is 16.4. The van der Waals surface area contributed by atoms with Gasteiger partial charge in [-0.15, -0.1) is 0 Å². The van der Waals surface area contributed by atoms with Gasteiger partial charge in [0.15, 0.2) is 0 Å². The number of hydrogen-bond donors (Lipinski definition) is 1. The molecule has 0 saturated carbocycles. The van der Waals surface area contributed by atoms with Crippen LogP contribution in [0.2, 0.25) is 0 Å². The normalized spacial score (nSPS) is 13.4. The average Bonchev–Trinajstić information content (AvgIpc) is 3.05. The number of nitro groups is 1. The summed E-state index contributed by atoms with van der Waals surface area (Å²) in [7, 11) is -7.44. The number of nitro benzene ring substituents is 1. The molecule has 1 aromatic heterocycles. The van der Waals surface area contributed by atoms with E-state index in [0.717, 1.165) is 18.4 Å². The summed E-state index contributed by atoms with van der Waals surface area (Å²) in [5.74, 6) is 0.184. The zero-order valence-electron chi connectivity index (χ0n) is 26.3. The van der Waals surface area contributed by atoms with Crippen LogP contribution in [-0.4, -0.2) is 136 Å². The molecule has 0 spiro atoms. The molecule has 0 saturated heterocycles. The number of hydrogen-bond acceptors (Lipinski definition) is 16. The number of sulfonamides is 1. The lowest BCUT2D eigenvalue weighted by Crippen LogP contribution is -2.39. The molecule has 2 heterocycles. The number of benzene rings is 1. The van der Waals surface area contributed by atoms with Crippen LogP contribution in [0.25, 0.3) is 0 Å². The molecule has 268 valence electrons. The number of non-ortho nitro benzene ring substituents is 1. The molecule has 19 nitrogen and oxygen atoms in total. The molecule has 0 unspecified atom stereocenters. The van der Waals surface area contributed by atoms with E-state index >= 15 is 0 Å². The second-order valence-electron chi connectivity index (χ2n) is 9.80. The van der Waals surface area contributed by atoms with E-state index in [4.69, 9.17) is 33.2 Å². The van der Waals surface area contributed by atoms with Crippen molar-refractivity contribution in [2.45, 2.75) is 16.7 Å². The number of carbonyl (C=O) groups excluding carboxylic acids is 1. The Bertz CT molecular complexity index is 1530. The Balaban J connectivity index is 1.08. The number of carbonyl (C=O) groups is 1. The molecule has 1 amide bonds. The van der Waals surface area contributed by atoms with Gasteiger partial charge in [0.25, 0.3) is 5.69 Å². The van der Waals surface area contributed by atoms with Crippen LogP contribution in [0.4, 0.5) is 16.3 Å². The number of aromatic nitrogens is 2. The molecule has 0 bridgehead atoms. The minimum Gasteiger partial charge on any atom is -0.444 e. The van der Waals surface area contributed by atoms with Crippen LogP contribution in [0.3, 0.4) is 0 Å². The van der Waals surface area contributed by atoms with Gasteiger partial charge < -0.3 is 33.2 Å². The van der Waals surface area contributed by atoms with E-state index in [1.807, 2.05) is 0 Å². The fourth-order valence-corrected chi connectivity index (χ4v) is 5.34. The Morgan fingerprint density at radius 3 is 1.83 bits per heavy atom. The third-order valence-electron chi connectivity index (χ3n) is 6.19. The highest BCUT2D eigenvalue weighted by molar-refractivity contribution is 7.90. The van der Waals surface area contributed by atoms with Crippen molar-refractivity contribution in [2.75, 3.05) is 104 Å². The fourth-order valence-electron chi connectivity index (χ4n) is 3.83. The number of cyclic esters (lactones) is 1. The first-order valence-corrected chi connectivity index (χ1v) is 18.1. The molecular weight excluding hydrogens is 682 g/mol. The zero-order valence-corrected chi connectivity index (χ0v) is 27.9. The molecule has 2 aromatic rings. The van der Waals surface area contributed by atoms with Crippen molar-refractivity contribution >= 4 is 37.5 Å². The van der Waals surface area contributed by atoms with Crippen LogP contribution in [-0.2, 0) is 59.6 Å². The number of rotatable bonds is 25. The van der Waals surface area contributed by atoms with Crippen molar-refractivity contribution in [1.29, 1.82) is 0 Å². The van der Waals surface area contributed by atoms with E-state index < -0.39 is 30.9 Å². The van der Waals surface area contributed by atoms with Gasteiger partial charge in [-0.2, -0.15) is 4.98 Å². The topological polar surface area (TPSA) is 234 Å². The third kappa shape index (κ3) is 13.6. The maximum atomic E-state index is 12.2. The van der Waals surface area contributed by atoms with Crippen LogP contribution in [0, 0.1) is 10.1 Å². The Labute approximate surface area is 277 Å². The van der Waals surface area contributed by atoms with Crippen LogP contribution >= 0.6 is 0 Å². The van der Waals surface area contributed by atoms with Gasteiger partial charge in [0.05, 0.1) is 101 Å². The number of amides is 1. The Morgan fingerprint density at radius 1 is 0.833 bits per heavy atom. The molecule has 21 heteroatoms. The van der Waals surface area contributed by atoms with Crippen molar-refractivity contribution in [3.63, 3.8) is 0 Å². The predicted octanol–water partition coefficient (Wildman–Crippen LogP) is 0.323. The minimum absolute atomic E-state index is 0.0319. The van der Waals surface area contributed by atoms with Crippen LogP contribution in [0.5, 0.6) is 0 Å². The van der Waals surface area contributed by atoms with Gasteiger partial charge in [0, 0.05) is 31.1 Å². The number of nitrogens with one attached hydrogen (secondary N) is 1. The summed E-state index contributed by atoms with van der Waals surface area (Å²) < 4.78 is 87.8. The first kappa shape index (κ1) is 39.0. The van der Waals surface area contributed by atoms with Crippen molar-refractivity contribution in [3.05, 3.63) is 46.1 Å². The minimum atomic E-state index is -3.79. The van der Waals surface area contributed by atoms with Gasteiger partial charge in [-0.05, 0) is 12.1 Å². The number of ether oxygens (including phenoxy) is 7. The fraction of sp³-hybridized carbons (Fsp3) is 0.593. The molecule has 0 fully saturated rings. The van der Waals surface area contributed by atoms with E-state index in [0.29, 0.717) is 58.4 Å². The third-order valence-corrected chi connectivity index (χ3v) is 8.53. The van der Waals surface area contributed by atoms with E-state index in [2.05, 4.69) is 14.7 Å². The van der Waals surface area contributed by atoms with Crippen molar-refractivity contribution < 1.29 is 59.7 Å². The summed E-state index contributed by atoms with van der Waals surface area (Å²) in [5, 5.41) is 10.3. The van der Waals surface area contributed by atoms with Gasteiger partial charge in [-0.3, -0.25) is 15.0 Å². The second kappa shape index (κ2) is 20.2. The van der Waals surface area contributed by atoms with Gasteiger partial charge in [0.1, 0.15) is 12.4 Å². The predicted molar refractivity (Wildman–Crippen MR) is 166 cm³/mol. The van der Waals surface area contributed by atoms with Gasteiger partial charge in [-0.25, -0.2) is 31.3 Å². The van der Waals surface area contributed by atoms with Crippen LogP contribution in [0.15, 0.2) is 40.5 Å². The number of anilines is 1. The van der Waals surface area contributed by atoms with Crippen LogP contribution in [0.1, 0.15) is 5.56 Å². The standard InChI is InChI=1S/C27H39N5O14S2/c1-47(36,37)26-28-20-22-21-46-27(33)31(25(22)30-26)7-9-41-11-13-43-15-17-45-19-18-44-16-14-42-12-10-40-8-6-29-48(38,39)24-4-2-23(3-5-24)32(34)35/h2-5,20,29H,6-19,21H2,1H3. The number of fused-ring (bicyclic) bond motifs is 1. The maximum absolute atomic E-state index is 12.2. The highest BCUT2D eigenvalue weighted by Gasteiger charge is 2.29. The Morgan fingerprint density at radius 2 is 1.33 bits per heavy atom. The highest BCUT2D eigenvalue weighted by atomic mass is 32.2. The zero-order chi connectivity index (χ0) is 34.8. The average molecular weight is 722 g/mol. The lowest BCUT2D eigenvalue weighted by molar-refractivity contribution is -0.384. The molecule has 1 aliphatic heterocycles. The summed E-state index contributed by atoms with van der Waals surface area (Å²) in [6, 6.07) is 4.58. The van der Waals surface area contributed by atoms with Crippen LogP contribution < -0.4 is 9.62 Å². The number of sulfone groups is 1. The summed E-state index contributed by atoms with van der Waals surface area (Å²) in [4.78, 5) is 31.2. The van der Waals surface area contributed by atoms with E-state index in [9.17, 15) is 31.7 Å². The SMILES string of the molecule is CS(=O)(=O)c1ncc2c(n1)N(CCOCCOCCOCCOCCOCCOCCNS(=O)(=O)c1ccc([N+](=O)[O-])cc1)C(=O)OC2. The molecule has 1 aromatic carbocycles. The molecule has 1 N–H and O–H groups in total. The molecule has 0 radical (unpaired) electrons. The summed E-state index contributed by atoms with van der Waals surface area (Å²) >= 11 is 0. The van der Waals surface area contributed by atoms with Crippen molar-refractivity contribution in [3.8, 4) is 0 Å². The van der Waals surface area contributed by atoms with Crippen molar-refractivity contribution in [2.24, 2.45) is 0 Å². The van der Waals surface area contributed by atoms with E-state index in [1.54, 1.807) is 0 Å². The summed E-state index contributed by atoms with van der Waals surface area (Å²) in [6.45, 7) is 3.67. The highest BCUT2D eigenvalue weighted by Crippen LogP contribution is 2.25. The molecule has 0 atom stereocenters.